The van der Waals surface area contributed by atoms with Crippen molar-refractivity contribution in [3.63, 3.8) is 0 Å². The van der Waals surface area contributed by atoms with Crippen LogP contribution in [0, 0.1) is 0 Å². The minimum Gasteiger partial charge on any atom is -0.741 e. The van der Waals surface area contributed by atoms with Gasteiger partial charge in [-0.25, -0.2) is 13.0 Å². The van der Waals surface area contributed by atoms with Gasteiger partial charge in [-0.2, -0.15) is 13.2 Å². The molecule has 0 aliphatic carbocycles. The number of rotatable bonds is 0. The predicted octanol–water partition coefficient (Wildman–Crippen LogP) is 1.53. The largest absolute Gasteiger partial charge is 0.741 e. The maximum absolute atomic E-state index is 10.7. The second kappa shape index (κ2) is 5.23. The quantitative estimate of drug-likeness (QED) is 0.412. The van der Waals surface area contributed by atoms with Crippen LogP contribution in [0.4, 0.5) is 13.2 Å². The second-order valence-electron chi connectivity index (χ2n) is 3.91. The van der Waals surface area contributed by atoms with Crippen LogP contribution >= 0.6 is 0 Å². The number of fused-ring (bicyclic) bond motifs is 1. The molecular weight excluding hydrogens is 271 g/mol. The predicted molar refractivity (Wildman–Crippen MR) is 55.4 cm³/mol. The highest BCUT2D eigenvalue weighted by molar-refractivity contribution is 7.86. The lowest BCUT2D eigenvalue weighted by atomic mass is 10.1. The van der Waals surface area contributed by atoms with Crippen LogP contribution in [-0.4, -0.2) is 18.5 Å². The smallest absolute Gasteiger partial charge is 0.485 e. The Morgan fingerprint density at radius 1 is 1.39 bits per heavy atom. The minimum atomic E-state index is -6.09. The van der Waals surface area contributed by atoms with Gasteiger partial charge in [-0.05, 0) is 0 Å². The normalized spacial score (nSPS) is 18.8. The summed E-state index contributed by atoms with van der Waals surface area (Å²) in [6, 6.07) is 6.44. The Morgan fingerprint density at radius 3 is 2.39 bits per heavy atom. The zero-order chi connectivity index (χ0) is 14.0. The van der Waals surface area contributed by atoms with E-state index in [2.05, 4.69) is 35.9 Å². The van der Waals surface area contributed by atoms with E-state index in [4.69, 9.17) is 13.0 Å². The second-order valence-corrected chi connectivity index (χ2v) is 5.28. The van der Waals surface area contributed by atoms with Gasteiger partial charge in [0.2, 0.25) is 0 Å². The lowest BCUT2D eigenvalue weighted by Crippen LogP contribution is -2.31. The molecule has 102 valence electrons. The molecule has 18 heavy (non-hydrogen) atoms. The summed E-state index contributed by atoms with van der Waals surface area (Å²) < 4.78 is 61.2. The van der Waals surface area contributed by atoms with E-state index in [1.807, 2.05) is 0 Å². The fraction of sp³-hybridized carbons (Fsp3) is 0.500. The Labute approximate surface area is 103 Å². The van der Waals surface area contributed by atoms with E-state index in [-0.39, 0.29) is 0 Å². The first kappa shape index (κ1) is 14.9. The number of halogens is 3. The van der Waals surface area contributed by atoms with Crippen LogP contribution in [0.5, 0.6) is 0 Å². The highest BCUT2D eigenvalue weighted by Gasteiger charge is 2.36. The van der Waals surface area contributed by atoms with Gasteiger partial charge in [0.25, 0.3) is 0 Å². The lowest BCUT2D eigenvalue weighted by Gasteiger charge is -2.08. The molecule has 1 atom stereocenters. The first-order valence-corrected chi connectivity index (χ1v) is 6.54. The Bertz CT molecular complexity index is 513. The average Bonchev–Trinajstić information content (AvgIpc) is 2.59. The molecule has 1 aliphatic rings. The SMILES string of the molecule is CC1CC[n+]2ccccc21.O=S(=O)([O-])C(F)(F)F. The van der Waals surface area contributed by atoms with Gasteiger partial charge < -0.3 is 4.55 Å². The molecule has 0 N–H and O–H groups in total. The van der Waals surface area contributed by atoms with Crippen LogP contribution in [0.2, 0.25) is 0 Å². The molecule has 1 aromatic heterocycles. The lowest BCUT2D eigenvalue weighted by molar-refractivity contribution is -0.691. The third-order valence-corrected chi connectivity index (χ3v) is 3.13. The van der Waals surface area contributed by atoms with Crippen molar-refractivity contribution in [2.75, 3.05) is 0 Å². The van der Waals surface area contributed by atoms with Crippen molar-refractivity contribution in [2.24, 2.45) is 0 Å². The molecule has 0 aromatic carbocycles. The van der Waals surface area contributed by atoms with Crippen molar-refractivity contribution < 1.29 is 30.7 Å². The maximum atomic E-state index is 10.7. The summed E-state index contributed by atoms with van der Waals surface area (Å²) in [7, 11) is -6.09. The molecular formula is C10H12F3NO3S. The van der Waals surface area contributed by atoms with Crippen molar-refractivity contribution in [1.29, 1.82) is 0 Å². The van der Waals surface area contributed by atoms with E-state index >= 15 is 0 Å². The van der Waals surface area contributed by atoms with Crippen molar-refractivity contribution in [2.45, 2.75) is 31.3 Å². The van der Waals surface area contributed by atoms with Crippen LogP contribution in [0.25, 0.3) is 0 Å². The van der Waals surface area contributed by atoms with Crippen molar-refractivity contribution in [3.05, 3.63) is 30.1 Å². The van der Waals surface area contributed by atoms with E-state index in [0.717, 1.165) is 5.92 Å². The summed E-state index contributed by atoms with van der Waals surface area (Å²) in [5.41, 5.74) is -4.16. The number of pyridine rings is 1. The average molecular weight is 283 g/mol. The van der Waals surface area contributed by atoms with E-state index in [9.17, 15) is 13.2 Å². The topological polar surface area (TPSA) is 61.1 Å². The molecule has 8 heteroatoms. The van der Waals surface area contributed by atoms with E-state index in [1.165, 1.54) is 18.7 Å². The number of aromatic nitrogens is 1. The van der Waals surface area contributed by atoms with Crippen LogP contribution in [-0.2, 0) is 16.7 Å². The van der Waals surface area contributed by atoms with Gasteiger partial charge >= 0.3 is 5.51 Å². The first-order chi connectivity index (χ1) is 8.13. The molecule has 1 aromatic rings. The molecule has 2 rings (SSSR count). The fourth-order valence-electron chi connectivity index (χ4n) is 1.62. The molecule has 0 amide bonds. The summed E-state index contributed by atoms with van der Waals surface area (Å²) in [4.78, 5) is 0. The molecule has 0 saturated carbocycles. The van der Waals surface area contributed by atoms with Gasteiger partial charge in [0, 0.05) is 24.5 Å². The Hall–Kier alpha value is -1.15. The monoisotopic (exact) mass is 283 g/mol. The van der Waals surface area contributed by atoms with Gasteiger partial charge in [-0.3, -0.25) is 0 Å². The van der Waals surface area contributed by atoms with E-state index in [0.29, 0.717) is 0 Å². The number of nitrogens with zero attached hydrogens (tertiary/aromatic N) is 1. The van der Waals surface area contributed by atoms with Gasteiger partial charge in [0.1, 0.15) is 6.54 Å². The highest BCUT2D eigenvalue weighted by atomic mass is 32.2. The molecule has 0 spiro atoms. The number of hydrogen-bond acceptors (Lipinski definition) is 3. The summed E-state index contributed by atoms with van der Waals surface area (Å²) in [5.74, 6) is 0.765. The Kier molecular flexibility index (Phi) is 4.33. The molecule has 0 saturated heterocycles. The molecule has 2 heterocycles. The maximum Gasteiger partial charge on any atom is 0.485 e. The van der Waals surface area contributed by atoms with Crippen LogP contribution in [0.15, 0.2) is 24.4 Å². The fourth-order valence-corrected chi connectivity index (χ4v) is 1.62. The van der Waals surface area contributed by atoms with Gasteiger partial charge in [-0.15, -0.1) is 0 Å². The summed E-state index contributed by atoms with van der Waals surface area (Å²) in [5, 5.41) is 0. The zero-order valence-electron chi connectivity index (χ0n) is 9.52. The summed E-state index contributed by atoms with van der Waals surface area (Å²) in [6.07, 6.45) is 3.48. The Balaban J connectivity index is 0.000000187. The molecule has 1 aliphatic heterocycles. The third-order valence-electron chi connectivity index (χ3n) is 2.57. The summed E-state index contributed by atoms with van der Waals surface area (Å²) >= 11 is 0. The molecule has 0 fully saturated rings. The first-order valence-electron chi connectivity index (χ1n) is 5.13. The van der Waals surface area contributed by atoms with Crippen molar-refractivity contribution >= 4 is 10.1 Å². The number of aryl methyl sites for hydroxylation is 1. The third kappa shape index (κ3) is 3.67. The van der Waals surface area contributed by atoms with Gasteiger partial charge in [-0.1, -0.05) is 13.0 Å². The molecule has 4 nitrogen and oxygen atoms in total. The van der Waals surface area contributed by atoms with E-state index in [1.54, 1.807) is 0 Å². The zero-order valence-corrected chi connectivity index (χ0v) is 10.3. The molecule has 1 unspecified atom stereocenters. The molecule has 0 radical (unpaired) electrons. The van der Waals surface area contributed by atoms with Crippen molar-refractivity contribution in [1.82, 2.24) is 0 Å². The minimum absolute atomic E-state index is 0.765. The highest BCUT2D eigenvalue weighted by Crippen LogP contribution is 2.20. The van der Waals surface area contributed by atoms with Gasteiger partial charge in [0.05, 0.1) is 0 Å². The van der Waals surface area contributed by atoms with Crippen LogP contribution < -0.4 is 4.57 Å². The van der Waals surface area contributed by atoms with Gasteiger partial charge in [0.15, 0.2) is 22.0 Å². The standard InChI is InChI=1S/C9H12N.CHF3O3S/c1-8-5-7-10-6-3-2-4-9(8)10;2-1(3,4)8(5,6)7/h2-4,6,8H,5,7H2,1H3;(H,5,6,7)/q+1;/p-1. The molecule has 0 bridgehead atoms. The number of alkyl halides is 3. The van der Waals surface area contributed by atoms with E-state index < -0.39 is 15.6 Å². The van der Waals surface area contributed by atoms with Crippen molar-refractivity contribution in [3.8, 4) is 0 Å². The Morgan fingerprint density at radius 2 is 1.94 bits per heavy atom. The van der Waals surface area contributed by atoms with Crippen LogP contribution in [0.1, 0.15) is 25.0 Å². The summed E-state index contributed by atoms with van der Waals surface area (Å²) in [6.45, 7) is 3.50. The van der Waals surface area contributed by atoms with Crippen LogP contribution in [0.3, 0.4) is 0 Å². The number of hydrogen-bond donors (Lipinski definition) is 0.